The first-order valence-corrected chi connectivity index (χ1v) is 21.0. The molecule has 2 bridgehead atoms. The Hall–Kier alpha value is -3.98. The van der Waals surface area contributed by atoms with Crippen LogP contribution in [0, 0.1) is 17.3 Å². The minimum atomic E-state index is -3.85. The predicted molar refractivity (Wildman–Crippen MR) is 201 cm³/mol. The Balaban J connectivity index is 1.20. The van der Waals surface area contributed by atoms with Crippen molar-refractivity contribution in [3.8, 4) is 11.6 Å². The summed E-state index contributed by atoms with van der Waals surface area (Å²) in [6.07, 6.45) is 8.01. The Morgan fingerprint density at radius 1 is 1.06 bits per heavy atom. The van der Waals surface area contributed by atoms with Crippen LogP contribution < -0.4 is 24.8 Å². The number of hydrogen-bond acceptors (Lipinski definition) is 11. The van der Waals surface area contributed by atoms with Crippen LogP contribution in [0.1, 0.15) is 90.7 Å². The van der Waals surface area contributed by atoms with Gasteiger partial charge in [-0.05, 0) is 74.8 Å². The van der Waals surface area contributed by atoms with Crippen LogP contribution in [0.4, 0.5) is 4.79 Å². The Morgan fingerprint density at radius 2 is 1.85 bits per heavy atom. The fourth-order valence-electron chi connectivity index (χ4n) is 8.04. The standard InChI is InChI=1S/C39H54N6O8S/c1-6-24-16-17-39(24,36(47)44-54(49,50)27-13-14-27)43-34(46)31-20-26-21-45(31)22-33(38(2,3)4)42-37(48)53-32-18-23(32)10-8-7-9-11-29-35(52-26)41-30-19-25(51-5)12-15-28(30)40-29/h6,12,15,19,23-24,26-27,31-33H,1,7-11,13-14,16-18,20-22H2,2-5H3,(H,42,48)(H,43,46)(H,44,47). The SMILES string of the molecule is C=CC1CCC1(NC(=O)C1CC2CN1CC(C(C)(C)C)NC(=O)OC1CC1CCCCCc1nc3ccc(OC)cc3nc1O2)C(=O)NS(=O)(=O)C1CC1. The highest BCUT2D eigenvalue weighted by molar-refractivity contribution is 7.91. The van der Waals surface area contributed by atoms with Crippen molar-refractivity contribution < 1.29 is 37.0 Å². The van der Waals surface area contributed by atoms with Gasteiger partial charge in [0.2, 0.25) is 21.8 Å². The van der Waals surface area contributed by atoms with E-state index in [-0.39, 0.29) is 25.5 Å². The van der Waals surface area contributed by atoms with Gasteiger partial charge in [0.15, 0.2) is 0 Å². The van der Waals surface area contributed by atoms with Crippen molar-refractivity contribution in [2.45, 2.75) is 126 Å². The fourth-order valence-corrected chi connectivity index (χ4v) is 9.41. The van der Waals surface area contributed by atoms with Crippen molar-refractivity contribution in [3.05, 3.63) is 36.5 Å². The van der Waals surface area contributed by atoms with Crippen LogP contribution in [-0.2, 0) is 30.8 Å². The molecule has 0 radical (unpaired) electrons. The maximum Gasteiger partial charge on any atom is 0.407 e. The third-order valence-corrected chi connectivity index (χ3v) is 13.7. The minimum Gasteiger partial charge on any atom is -0.497 e. The molecule has 15 heteroatoms. The third-order valence-electron chi connectivity index (χ3n) is 11.9. The summed E-state index contributed by atoms with van der Waals surface area (Å²) in [7, 11) is -2.25. The number of ether oxygens (including phenoxy) is 3. The topological polar surface area (TPSA) is 178 Å². The molecule has 3 heterocycles. The van der Waals surface area contributed by atoms with Crippen molar-refractivity contribution in [1.82, 2.24) is 30.2 Å². The fraction of sp³-hybridized carbons (Fsp3) is 0.667. The average Bonchev–Trinajstić information content (AvgIpc) is 4.04. The number of rotatable bonds is 7. The lowest BCUT2D eigenvalue weighted by atomic mass is 9.66. The number of nitrogens with one attached hydrogen (secondary N) is 3. The lowest BCUT2D eigenvalue weighted by Gasteiger charge is -2.47. The number of methoxy groups -OCH3 is 1. The van der Waals surface area contributed by atoms with Gasteiger partial charge >= 0.3 is 6.09 Å². The molecular weight excluding hydrogens is 713 g/mol. The average molecular weight is 767 g/mol. The maximum absolute atomic E-state index is 14.5. The molecule has 4 fully saturated rings. The molecule has 3 aliphatic carbocycles. The van der Waals surface area contributed by atoms with Gasteiger partial charge in [0.25, 0.3) is 5.91 Å². The largest absolute Gasteiger partial charge is 0.497 e. The van der Waals surface area contributed by atoms with Crippen LogP contribution in [0.5, 0.6) is 11.6 Å². The Bertz CT molecular complexity index is 1900. The number of aryl methyl sites for hydroxylation is 1. The van der Waals surface area contributed by atoms with E-state index in [1.54, 1.807) is 13.2 Å². The molecule has 7 rings (SSSR count). The van der Waals surface area contributed by atoms with E-state index in [0.29, 0.717) is 55.3 Å². The minimum absolute atomic E-state index is 0.103. The molecule has 3 amide bonds. The van der Waals surface area contributed by atoms with Crippen LogP contribution in [0.15, 0.2) is 30.9 Å². The van der Waals surface area contributed by atoms with Gasteiger partial charge in [-0.1, -0.05) is 39.7 Å². The van der Waals surface area contributed by atoms with Crippen molar-refractivity contribution in [2.75, 3.05) is 20.2 Å². The lowest BCUT2D eigenvalue weighted by Crippen LogP contribution is -2.70. The normalized spacial score (nSPS) is 31.8. The van der Waals surface area contributed by atoms with Gasteiger partial charge in [0.05, 0.1) is 29.4 Å². The Kier molecular flexibility index (Phi) is 10.6. The molecular formula is C39H54N6O8S. The van der Waals surface area contributed by atoms with Gasteiger partial charge < -0.3 is 24.8 Å². The highest BCUT2D eigenvalue weighted by Crippen LogP contribution is 2.42. The highest BCUT2D eigenvalue weighted by Gasteiger charge is 2.56. The quantitative estimate of drug-likeness (QED) is 0.345. The summed E-state index contributed by atoms with van der Waals surface area (Å²) < 4.78 is 46.0. The molecule has 1 aromatic carbocycles. The van der Waals surface area contributed by atoms with E-state index in [1.807, 2.05) is 43.9 Å². The van der Waals surface area contributed by atoms with Crippen LogP contribution in [0.25, 0.3) is 11.0 Å². The predicted octanol–water partition coefficient (Wildman–Crippen LogP) is 4.17. The number of sulfonamides is 1. The lowest BCUT2D eigenvalue weighted by molar-refractivity contribution is -0.140. The first-order chi connectivity index (χ1) is 25.7. The van der Waals surface area contributed by atoms with Gasteiger partial charge in [-0.15, -0.1) is 6.58 Å². The van der Waals surface area contributed by atoms with Crippen molar-refractivity contribution in [3.63, 3.8) is 0 Å². The number of carbonyl (C=O) groups is 3. The van der Waals surface area contributed by atoms with Crippen molar-refractivity contribution >= 4 is 39.0 Å². The molecule has 0 spiro atoms. The second kappa shape index (κ2) is 14.9. The number of hydrogen-bond donors (Lipinski definition) is 3. The second-order valence-electron chi connectivity index (χ2n) is 16.9. The van der Waals surface area contributed by atoms with E-state index in [1.165, 1.54) is 0 Å². The first kappa shape index (κ1) is 38.3. The van der Waals surface area contributed by atoms with Gasteiger partial charge in [-0.3, -0.25) is 19.2 Å². The zero-order valence-corrected chi connectivity index (χ0v) is 32.6. The maximum atomic E-state index is 14.5. The molecule has 3 N–H and O–H groups in total. The second-order valence-corrected chi connectivity index (χ2v) is 18.9. The van der Waals surface area contributed by atoms with Gasteiger partial charge in [0, 0.05) is 37.5 Å². The first-order valence-electron chi connectivity index (χ1n) is 19.4. The van der Waals surface area contributed by atoms with Gasteiger partial charge in [0.1, 0.15) is 29.2 Å². The Morgan fingerprint density at radius 3 is 2.54 bits per heavy atom. The van der Waals surface area contributed by atoms with E-state index < -0.39 is 68.2 Å². The zero-order valence-electron chi connectivity index (χ0n) is 31.8. The summed E-state index contributed by atoms with van der Waals surface area (Å²) in [6.45, 7) is 10.6. The highest BCUT2D eigenvalue weighted by atomic mass is 32.2. The molecule has 54 heavy (non-hydrogen) atoms. The van der Waals surface area contributed by atoms with E-state index >= 15 is 0 Å². The molecule has 14 nitrogen and oxygen atoms in total. The van der Waals surface area contributed by atoms with Gasteiger partial charge in [-0.2, -0.15) is 0 Å². The summed E-state index contributed by atoms with van der Waals surface area (Å²) in [5.41, 5.74) is 0.233. The zero-order chi connectivity index (χ0) is 38.4. The summed E-state index contributed by atoms with van der Waals surface area (Å²) in [6, 6.07) is 4.37. The van der Waals surface area contributed by atoms with Crippen LogP contribution in [0.3, 0.4) is 0 Å². The molecule has 2 aliphatic heterocycles. The molecule has 1 saturated heterocycles. The number of carbonyl (C=O) groups excluding carboxylic acids is 3. The summed E-state index contributed by atoms with van der Waals surface area (Å²) in [5.74, 6) is -0.211. The number of fused-ring (bicyclic) bond motifs is 5. The number of nitrogens with zero attached hydrogens (tertiary/aromatic N) is 3. The summed E-state index contributed by atoms with van der Waals surface area (Å²) in [4.78, 5) is 53.4. The number of alkyl carbamates (subject to hydrolysis) is 1. The summed E-state index contributed by atoms with van der Waals surface area (Å²) in [5, 5.41) is 5.51. The monoisotopic (exact) mass is 766 g/mol. The van der Waals surface area contributed by atoms with Crippen LogP contribution >= 0.6 is 0 Å². The molecule has 5 aliphatic rings. The molecule has 1 aromatic heterocycles. The van der Waals surface area contributed by atoms with E-state index in [0.717, 1.165) is 43.3 Å². The number of benzene rings is 1. The van der Waals surface area contributed by atoms with Crippen LogP contribution in [0.2, 0.25) is 0 Å². The van der Waals surface area contributed by atoms with E-state index in [4.69, 9.17) is 24.2 Å². The molecule has 294 valence electrons. The van der Waals surface area contributed by atoms with Gasteiger partial charge in [-0.25, -0.2) is 23.2 Å². The van der Waals surface area contributed by atoms with E-state index in [9.17, 15) is 22.8 Å². The smallest absolute Gasteiger partial charge is 0.407 e. The van der Waals surface area contributed by atoms with Crippen LogP contribution in [-0.4, -0.2) is 96.5 Å². The molecule has 8 atom stereocenters. The number of amides is 3. The van der Waals surface area contributed by atoms with Crippen molar-refractivity contribution in [2.24, 2.45) is 17.3 Å². The Labute approximate surface area is 317 Å². The molecule has 8 unspecified atom stereocenters. The molecule has 2 aromatic rings. The molecule has 3 saturated carbocycles. The summed E-state index contributed by atoms with van der Waals surface area (Å²) >= 11 is 0. The number of aromatic nitrogens is 2. The van der Waals surface area contributed by atoms with E-state index in [2.05, 4.69) is 21.9 Å². The third kappa shape index (κ3) is 8.17. The van der Waals surface area contributed by atoms with Crippen molar-refractivity contribution in [1.29, 1.82) is 0 Å².